The first-order chi connectivity index (χ1) is 9.38. The molecule has 104 valence electrons. The van der Waals surface area contributed by atoms with Gasteiger partial charge in [0.25, 0.3) is 0 Å². The molecule has 0 aliphatic heterocycles. The van der Waals surface area contributed by atoms with Gasteiger partial charge in [0, 0.05) is 11.1 Å². The molecule has 0 saturated heterocycles. The second-order valence-corrected chi connectivity index (χ2v) is 3.80. The fraction of sp³-hybridized carbons (Fsp3) is 0. The van der Waals surface area contributed by atoms with E-state index in [4.69, 9.17) is 0 Å². The van der Waals surface area contributed by atoms with Crippen LogP contribution in [0.2, 0.25) is 0 Å². The van der Waals surface area contributed by atoms with Crippen molar-refractivity contribution in [2.24, 2.45) is 0 Å². The van der Waals surface area contributed by atoms with Crippen molar-refractivity contribution in [3.8, 4) is 11.1 Å². The summed E-state index contributed by atoms with van der Waals surface area (Å²) in [5.74, 6) is -12.2. The molecule has 0 aliphatic carbocycles. The lowest BCUT2D eigenvalue weighted by molar-refractivity contribution is 0.112. The van der Waals surface area contributed by atoms with Crippen LogP contribution >= 0.6 is 0 Å². The van der Waals surface area contributed by atoms with E-state index in [0.717, 1.165) is 12.1 Å². The van der Waals surface area contributed by atoms with Gasteiger partial charge in [0.2, 0.25) is 5.82 Å². The van der Waals surface area contributed by atoms with E-state index in [2.05, 4.69) is 0 Å². The van der Waals surface area contributed by atoms with Crippen LogP contribution in [-0.2, 0) is 0 Å². The molecule has 20 heavy (non-hydrogen) atoms. The van der Waals surface area contributed by atoms with Crippen molar-refractivity contribution in [1.82, 2.24) is 0 Å². The minimum Gasteiger partial charge on any atom is -0.298 e. The van der Waals surface area contributed by atoms with Gasteiger partial charge in [-0.3, -0.25) is 4.79 Å². The van der Waals surface area contributed by atoms with Crippen molar-refractivity contribution < 1.29 is 31.1 Å². The minimum atomic E-state index is -2.33. The maximum atomic E-state index is 13.6. The summed E-state index contributed by atoms with van der Waals surface area (Å²) in [5.41, 5.74) is -2.35. The van der Waals surface area contributed by atoms with Crippen molar-refractivity contribution in [3.05, 3.63) is 58.7 Å². The van der Waals surface area contributed by atoms with Crippen LogP contribution in [0.15, 0.2) is 18.2 Å². The molecule has 2 aromatic carbocycles. The first kappa shape index (κ1) is 14.1. The molecule has 1 nitrogen and oxygen atoms in total. The number of rotatable bonds is 2. The Kier molecular flexibility index (Phi) is 3.52. The lowest BCUT2D eigenvalue weighted by atomic mass is 10.0. The van der Waals surface area contributed by atoms with Gasteiger partial charge in [-0.1, -0.05) is 12.1 Å². The van der Waals surface area contributed by atoms with Crippen LogP contribution in [-0.4, -0.2) is 6.29 Å². The van der Waals surface area contributed by atoms with Crippen LogP contribution in [0.1, 0.15) is 10.4 Å². The SMILES string of the molecule is O=Cc1ccc(-c2c(F)c(F)c(F)c(F)c2F)c(F)c1. The largest absolute Gasteiger partial charge is 0.298 e. The van der Waals surface area contributed by atoms with Crippen LogP contribution < -0.4 is 0 Å². The highest BCUT2D eigenvalue weighted by Gasteiger charge is 2.27. The Morgan fingerprint density at radius 1 is 0.750 bits per heavy atom. The Balaban J connectivity index is 2.80. The van der Waals surface area contributed by atoms with Crippen LogP contribution in [0.25, 0.3) is 11.1 Å². The number of hydrogen-bond donors (Lipinski definition) is 0. The minimum absolute atomic E-state index is 0.143. The Labute approximate surface area is 108 Å². The third-order valence-electron chi connectivity index (χ3n) is 2.61. The molecular weight excluding hydrogens is 286 g/mol. The average molecular weight is 290 g/mol. The second-order valence-electron chi connectivity index (χ2n) is 3.80. The van der Waals surface area contributed by atoms with Gasteiger partial charge < -0.3 is 0 Å². The van der Waals surface area contributed by atoms with E-state index >= 15 is 0 Å². The fourth-order valence-corrected chi connectivity index (χ4v) is 1.65. The van der Waals surface area contributed by atoms with Gasteiger partial charge >= 0.3 is 0 Å². The summed E-state index contributed by atoms with van der Waals surface area (Å²) in [7, 11) is 0. The van der Waals surface area contributed by atoms with Crippen LogP contribution in [0.5, 0.6) is 0 Å². The smallest absolute Gasteiger partial charge is 0.200 e. The molecule has 0 saturated carbocycles. The topological polar surface area (TPSA) is 17.1 Å². The summed E-state index contributed by atoms with van der Waals surface area (Å²) in [6.07, 6.45) is 0.269. The third kappa shape index (κ3) is 2.04. The molecule has 0 spiro atoms. The van der Waals surface area contributed by atoms with Crippen molar-refractivity contribution in [2.45, 2.75) is 0 Å². The lowest BCUT2D eigenvalue weighted by Crippen LogP contribution is -2.05. The summed E-state index contributed by atoms with van der Waals surface area (Å²) < 4.78 is 79.5. The Hall–Kier alpha value is -2.31. The predicted molar refractivity (Wildman–Crippen MR) is 57.0 cm³/mol. The molecule has 2 aromatic rings. The van der Waals surface area contributed by atoms with E-state index < -0.39 is 46.0 Å². The normalized spacial score (nSPS) is 10.7. The molecule has 0 aliphatic rings. The van der Waals surface area contributed by atoms with Crippen molar-refractivity contribution in [3.63, 3.8) is 0 Å². The number of aldehydes is 1. The summed E-state index contributed by atoms with van der Waals surface area (Å²) in [6.45, 7) is 0. The maximum absolute atomic E-state index is 13.6. The standard InChI is InChI=1S/C13H4F6O/c14-7-3-5(4-20)1-2-6(7)8-9(15)11(17)13(19)12(18)10(8)16/h1-4H. The highest BCUT2D eigenvalue weighted by molar-refractivity contribution is 5.77. The predicted octanol–water partition coefficient (Wildman–Crippen LogP) is 4.00. The van der Waals surface area contributed by atoms with Crippen LogP contribution in [0.3, 0.4) is 0 Å². The molecule has 2 rings (SSSR count). The molecule has 0 bridgehead atoms. The Morgan fingerprint density at radius 2 is 1.25 bits per heavy atom. The van der Waals surface area contributed by atoms with E-state index in [1.165, 1.54) is 0 Å². The first-order valence-electron chi connectivity index (χ1n) is 5.15. The van der Waals surface area contributed by atoms with E-state index in [0.29, 0.717) is 6.07 Å². The van der Waals surface area contributed by atoms with E-state index in [9.17, 15) is 31.1 Å². The van der Waals surface area contributed by atoms with Crippen LogP contribution in [0.4, 0.5) is 26.3 Å². The maximum Gasteiger partial charge on any atom is 0.200 e. The average Bonchev–Trinajstić information content (AvgIpc) is 2.44. The summed E-state index contributed by atoms with van der Waals surface area (Å²) in [5, 5.41) is 0. The fourth-order valence-electron chi connectivity index (χ4n) is 1.65. The molecule has 0 amide bonds. The van der Waals surface area contributed by atoms with Crippen molar-refractivity contribution in [1.29, 1.82) is 0 Å². The van der Waals surface area contributed by atoms with Crippen LogP contribution in [0, 0.1) is 34.9 Å². The van der Waals surface area contributed by atoms with Gasteiger partial charge in [-0.25, -0.2) is 26.3 Å². The second kappa shape index (κ2) is 4.99. The molecule has 7 heteroatoms. The zero-order valence-corrected chi connectivity index (χ0v) is 9.49. The number of benzene rings is 2. The molecular formula is C13H4F6O. The zero-order chi connectivity index (χ0) is 15.0. The Bertz CT molecular complexity index is 681. The highest BCUT2D eigenvalue weighted by atomic mass is 19.2. The number of carbonyl (C=O) groups is 1. The lowest BCUT2D eigenvalue weighted by Gasteiger charge is -2.09. The molecule has 0 fully saturated rings. The number of hydrogen-bond acceptors (Lipinski definition) is 1. The van der Waals surface area contributed by atoms with Gasteiger partial charge in [-0.2, -0.15) is 0 Å². The van der Waals surface area contributed by atoms with Gasteiger partial charge in [0.15, 0.2) is 23.3 Å². The molecule has 0 N–H and O–H groups in total. The number of halogens is 6. The van der Waals surface area contributed by atoms with Gasteiger partial charge in [0.1, 0.15) is 12.1 Å². The van der Waals surface area contributed by atoms with E-state index in [1.54, 1.807) is 0 Å². The molecule has 0 unspecified atom stereocenters. The first-order valence-corrected chi connectivity index (χ1v) is 5.15. The molecule has 0 heterocycles. The van der Waals surface area contributed by atoms with E-state index in [-0.39, 0.29) is 11.8 Å². The molecule has 0 atom stereocenters. The van der Waals surface area contributed by atoms with Crippen molar-refractivity contribution >= 4 is 6.29 Å². The van der Waals surface area contributed by atoms with Gasteiger partial charge in [-0.05, 0) is 6.07 Å². The summed E-state index contributed by atoms with van der Waals surface area (Å²) >= 11 is 0. The van der Waals surface area contributed by atoms with Gasteiger partial charge in [-0.15, -0.1) is 0 Å². The highest BCUT2D eigenvalue weighted by Crippen LogP contribution is 2.33. The monoisotopic (exact) mass is 290 g/mol. The Morgan fingerprint density at radius 3 is 1.70 bits per heavy atom. The molecule has 0 aromatic heterocycles. The third-order valence-corrected chi connectivity index (χ3v) is 2.61. The van der Waals surface area contributed by atoms with Gasteiger partial charge in [0.05, 0.1) is 5.56 Å². The summed E-state index contributed by atoms with van der Waals surface area (Å²) in [6, 6.07) is 2.38. The number of carbonyl (C=O) groups excluding carboxylic acids is 1. The summed E-state index contributed by atoms with van der Waals surface area (Å²) in [4.78, 5) is 10.4. The van der Waals surface area contributed by atoms with E-state index in [1.807, 2.05) is 0 Å². The zero-order valence-electron chi connectivity index (χ0n) is 9.49. The van der Waals surface area contributed by atoms with Crippen molar-refractivity contribution in [2.75, 3.05) is 0 Å². The molecule has 0 radical (unpaired) electrons. The quantitative estimate of drug-likeness (QED) is 0.353.